The Bertz CT molecular complexity index is 6770. The molecule has 39 heteroatoms. The number of aliphatic imine (C=N–C) groups is 1. The molecule has 0 bridgehead atoms. The maximum absolute atomic E-state index is 13.8. The van der Waals surface area contributed by atoms with Crippen LogP contribution in [0.5, 0.6) is 23.0 Å². The van der Waals surface area contributed by atoms with Gasteiger partial charge in [0.05, 0.1) is 103 Å². The number of amidine groups is 4. The number of pyridine rings is 4. The third-order valence-corrected chi connectivity index (χ3v) is 25.0. The third kappa shape index (κ3) is 22.1. The van der Waals surface area contributed by atoms with Crippen LogP contribution in [0, 0.1) is 19.7 Å². The van der Waals surface area contributed by atoms with Crippen molar-refractivity contribution in [3.63, 3.8) is 0 Å². The summed E-state index contributed by atoms with van der Waals surface area (Å²) in [5.41, 5.74) is 33.5. The maximum Gasteiger partial charge on any atom is 0.270 e. The van der Waals surface area contributed by atoms with Crippen LogP contribution in [-0.2, 0) is 82.5 Å². The number of aryl methyl sites for hydroxylation is 3. The summed E-state index contributed by atoms with van der Waals surface area (Å²) < 4.78 is 152. The average Bonchev–Trinajstić information content (AvgIpc) is 1.53. The molecule has 12 N–H and O–H groups in total. The molecule has 664 valence electrons. The van der Waals surface area contributed by atoms with Gasteiger partial charge in [-0.25, -0.2) is 38.1 Å². The van der Waals surface area contributed by atoms with Crippen molar-refractivity contribution in [2.24, 2.45) is 45.5 Å². The van der Waals surface area contributed by atoms with E-state index in [0.29, 0.717) is 124 Å². The van der Waals surface area contributed by atoms with Gasteiger partial charge in [0.2, 0.25) is 0 Å². The van der Waals surface area contributed by atoms with Crippen LogP contribution < -0.4 is 63.1 Å². The fraction of sp³-hybridized carbons (Fsp3) is 0.307. The van der Waals surface area contributed by atoms with Gasteiger partial charge in [0.1, 0.15) is 90.0 Å². The zero-order chi connectivity index (χ0) is 91.7. The quantitative estimate of drug-likeness (QED) is 0.0333. The number of hydrogen-bond donors (Lipinski definition) is 8. The molecule has 1 aliphatic carbocycles. The van der Waals surface area contributed by atoms with Gasteiger partial charge in [-0.2, -0.15) is 0 Å². The van der Waals surface area contributed by atoms with E-state index in [1.807, 2.05) is 61.5 Å². The number of benzene rings is 5. The number of amides is 4. The summed E-state index contributed by atoms with van der Waals surface area (Å²) in [7, 11) is -14.5. The van der Waals surface area contributed by atoms with Gasteiger partial charge in [0.25, 0.3) is 63.7 Å². The fourth-order valence-electron chi connectivity index (χ4n) is 14.8. The molecule has 127 heavy (non-hydrogen) atoms. The summed E-state index contributed by atoms with van der Waals surface area (Å²) in [4.78, 5) is 73.8. The number of rotatable bonds is 21. The third-order valence-electron chi connectivity index (χ3n) is 20.4. The van der Waals surface area contributed by atoms with Gasteiger partial charge in [-0.15, -0.1) is 17.6 Å². The Kier molecular flexibility index (Phi) is 25.8. The van der Waals surface area contributed by atoms with Crippen molar-refractivity contribution in [1.82, 2.24) is 41.2 Å². The van der Waals surface area contributed by atoms with Crippen LogP contribution in [-0.4, -0.2) is 155 Å². The molecule has 6 aliphatic rings. The number of hydrogen-bond acceptors (Lipinski definition) is 26. The zero-order valence-corrected chi connectivity index (χ0v) is 74.5. The van der Waals surface area contributed by atoms with Crippen molar-refractivity contribution in [2.75, 3.05) is 26.4 Å². The molecule has 0 spiro atoms. The number of carbonyl (C=O) groups is 4. The molecule has 0 fully saturated rings. The number of fused-ring (bicyclic) bond motifs is 7. The minimum Gasteiger partial charge on any atom is -0.490 e. The van der Waals surface area contributed by atoms with E-state index in [0.717, 1.165) is 53.1 Å². The van der Waals surface area contributed by atoms with Gasteiger partial charge in [-0.05, 0) is 214 Å². The molecule has 34 nitrogen and oxygen atoms in total. The first-order valence-corrected chi connectivity index (χ1v) is 46.3. The van der Waals surface area contributed by atoms with E-state index in [4.69, 9.17) is 51.3 Å². The number of sulfonamides is 4. The van der Waals surface area contributed by atoms with Crippen LogP contribution in [0.3, 0.4) is 0 Å². The molecule has 4 amide bonds. The number of carbonyl (C=O) groups excluding carboxylic acids is 4. The summed E-state index contributed by atoms with van der Waals surface area (Å²) in [5, 5.41) is 12.3. The first-order chi connectivity index (χ1) is 59.7. The first-order valence-electron chi connectivity index (χ1n) is 39.9. The number of nitrogens with one attached hydrogen (secondary N) is 4. The lowest BCUT2D eigenvalue weighted by Crippen LogP contribution is -2.48. The highest BCUT2D eigenvalue weighted by Crippen LogP contribution is 2.37. The average molecular weight is 1810 g/mol. The van der Waals surface area contributed by atoms with Crippen molar-refractivity contribution < 1.29 is 80.6 Å². The van der Waals surface area contributed by atoms with Gasteiger partial charge in [0, 0.05) is 46.0 Å². The Hall–Kier alpha value is -13.4. The molecule has 16 rings (SSSR count). The molecular weight excluding hydrogens is 1710 g/mol. The fourth-order valence-corrected chi connectivity index (χ4v) is 19.1. The van der Waals surface area contributed by atoms with E-state index in [1.165, 1.54) is 18.2 Å². The number of aromatic nitrogens is 4. The Balaban J connectivity index is 0.000000145. The van der Waals surface area contributed by atoms with Crippen LogP contribution in [0.4, 0.5) is 4.39 Å². The Morgan fingerprint density at radius 3 is 1.35 bits per heavy atom. The Labute approximate surface area is 733 Å². The van der Waals surface area contributed by atoms with Gasteiger partial charge in [-0.3, -0.25) is 44.1 Å². The summed E-state index contributed by atoms with van der Waals surface area (Å²) in [5.74, 6) is -0.772. The number of halogens is 1. The lowest BCUT2D eigenvalue weighted by molar-refractivity contribution is 0.0868. The molecule has 0 saturated carbocycles. The van der Waals surface area contributed by atoms with E-state index >= 15 is 0 Å². The van der Waals surface area contributed by atoms with Gasteiger partial charge >= 0.3 is 0 Å². The number of nitrogens with zero attached hydrogens (tertiary/aromatic N) is 9. The van der Waals surface area contributed by atoms with E-state index < -0.39 is 74.0 Å². The van der Waals surface area contributed by atoms with Crippen LogP contribution in [0.25, 0.3) is 22.4 Å². The summed E-state index contributed by atoms with van der Waals surface area (Å²) >= 11 is 0. The number of furan rings is 1. The summed E-state index contributed by atoms with van der Waals surface area (Å²) in [6, 6.07) is 36.3. The minimum atomic E-state index is -3.66. The molecule has 10 aromatic rings. The zero-order valence-electron chi connectivity index (χ0n) is 71.2. The molecule has 10 heterocycles. The molecule has 5 aromatic heterocycles. The van der Waals surface area contributed by atoms with Crippen molar-refractivity contribution in [3.8, 4) is 34.5 Å². The molecular formula is C88H94FN17O17S4. The van der Waals surface area contributed by atoms with Crippen molar-refractivity contribution >= 4 is 104 Å². The molecule has 0 unspecified atom stereocenters. The number of ether oxygens (including phenoxy) is 4. The predicted octanol–water partition coefficient (Wildman–Crippen LogP) is 8.85. The minimum absolute atomic E-state index is 0.0611. The number of nitrogens with two attached hydrogens (primary N) is 4. The molecule has 5 aliphatic heterocycles. The van der Waals surface area contributed by atoms with E-state index in [2.05, 4.69) is 58.8 Å². The van der Waals surface area contributed by atoms with Gasteiger partial charge in [0.15, 0.2) is 5.76 Å². The van der Waals surface area contributed by atoms with Gasteiger partial charge < -0.3 is 67.6 Å². The van der Waals surface area contributed by atoms with Crippen molar-refractivity contribution in [3.05, 3.63) is 259 Å². The molecule has 0 radical (unpaired) electrons. The SMILES string of the molecule is CC(C)(COc1cccc2c1C(N)=NS(=O)(=O)C2)NC(=O)c1ccnc(-c2ccco2)c1.CC1=NCc2nc3c(c(C(=O)NC(C)(C)COc4cccc5c4C(N)=NS(=O)(=O)C5)c21)CCC3.Cc1cc(C(=O)NC(C)(C)COc2cccc3c2C(N)=NS(=O)(=O)C3)c2cc(F)ccc2n1.Cc1ccnc(C(=O)NC(C)(C)COc2cccc3c2C(N)=NS(=O)(=O)C3)c1. The van der Waals surface area contributed by atoms with Crippen molar-refractivity contribution in [1.29, 1.82) is 0 Å². The summed E-state index contributed by atoms with van der Waals surface area (Å²) in [6.07, 6.45) is 7.38. The van der Waals surface area contributed by atoms with E-state index in [1.54, 1.807) is 149 Å². The molecule has 0 atom stereocenters. The highest BCUT2D eigenvalue weighted by molar-refractivity contribution is 7.90. The Morgan fingerprint density at radius 1 is 0.465 bits per heavy atom. The largest absolute Gasteiger partial charge is 0.490 e. The van der Waals surface area contributed by atoms with Crippen LogP contribution in [0.1, 0.15) is 189 Å². The topological polar surface area (TPSA) is 520 Å². The van der Waals surface area contributed by atoms with Crippen molar-refractivity contribution in [2.45, 2.75) is 147 Å². The van der Waals surface area contributed by atoms with Crippen LogP contribution >= 0.6 is 0 Å². The highest BCUT2D eigenvalue weighted by Gasteiger charge is 2.37. The van der Waals surface area contributed by atoms with Crippen LogP contribution in [0.2, 0.25) is 0 Å². The smallest absolute Gasteiger partial charge is 0.270 e. The lowest BCUT2D eigenvalue weighted by Gasteiger charge is -2.28. The van der Waals surface area contributed by atoms with E-state index in [9.17, 15) is 57.2 Å². The molecule has 0 saturated heterocycles. The second kappa shape index (κ2) is 35.9. The standard InChI is InChI=1S/C24H27N5O4S.C23H23FN4O4S.C22H22N4O5S.C19H22N4O4S/c1-13-19-17(10-26-13)27-16-8-5-7-15(16)21(19)23(30)28-24(2,3)12-33-18-9-4-6-14-11-34(31,32)29-22(25)20(14)18;1-13-9-17(16-10-15(24)7-8-18(16)26-13)22(29)27-23(2,3)12-32-19-6-4-5-14-11-33(30,31)28-21(25)20(14)19;1-22(2,25-21(27)14-8-9-24-16(11-14)17-7-4-10-30-17)13-31-18-6-3-5-15-12-32(28,29)26-20(23)19(15)18;1-12-7-8-21-14(9-12)18(24)22-19(2,3)11-27-15-6-4-5-13-10-28(25,26)23-17(20)16(13)15/h4,6,9H,5,7-8,10-12H2,1-3H3,(H2,25,29)(H,28,30);4-10H,11-12H2,1-3H3,(H2,25,28)(H,27,29);3-11H,12-13H2,1-2H3,(H2,23,26)(H,25,27);4-9H,10-11H2,1-3H3,(H2,20,23)(H,22,24). The van der Waals surface area contributed by atoms with Crippen LogP contribution in [0.15, 0.2) is 179 Å². The van der Waals surface area contributed by atoms with E-state index in [-0.39, 0.29) is 90.5 Å². The predicted molar refractivity (Wildman–Crippen MR) is 477 cm³/mol. The monoisotopic (exact) mass is 1810 g/mol. The van der Waals surface area contributed by atoms with Gasteiger partial charge in [-0.1, -0.05) is 48.5 Å². The Morgan fingerprint density at radius 2 is 0.906 bits per heavy atom. The lowest BCUT2D eigenvalue weighted by atomic mass is 9.95. The summed E-state index contributed by atoms with van der Waals surface area (Å²) in [6.45, 7) is 21.1. The maximum atomic E-state index is 13.8. The highest BCUT2D eigenvalue weighted by atomic mass is 32.2. The normalized spacial score (nSPS) is 15.8. The second-order valence-corrected chi connectivity index (χ2v) is 40.1. The second-order valence-electron chi connectivity index (χ2n) is 33.6. The molecule has 5 aromatic carbocycles. The first kappa shape index (κ1) is 91.3.